The van der Waals surface area contributed by atoms with Crippen molar-refractivity contribution in [3.8, 4) is 17.6 Å². The van der Waals surface area contributed by atoms with Crippen LogP contribution in [0.5, 0.6) is 5.75 Å². The van der Waals surface area contributed by atoms with Gasteiger partial charge in [-0.15, -0.1) is 0 Å². The zero-order chi connectivity index (χ0) is 14.1. The van der Waals surface area contributed by atoms with Crippen molar-refractivity contribution in [2.75, 3.05) is 27.4 Å². The number of methoxy groups -OCH3 is 2. The molecule has 0 spiro atoms. The first-order valence-electron chi connectivity index (χ1n) is 6.08. The van der Waals surface area contributed by atoms with Gasteiger partial charge in [-0.05, 0) is 30.7 Å². The first-order chi connectivity index (χ1) is 9.21. The van der Waals surface area contributed by atoms with Crippen molar-refractivity contribution in [3.05, 3.63) is 29.3 Å². The summed E-state index contributed by atoms with van der Waals surface area (Å²) in [5.41, 5.74) is 1.77. The summed E-state index contributed by atoms with van der Waals surface area (Å²) < 4.78 is 15.9. The zero-order valence-corrected chi connectivity index (χ0v) is 11.6. The van der Waals surface area contributed by atoms with Gasteiger partial charge in [0.1, 0.15) is 12.4 Å². The van der Waals surface area contributed by atoms with Crippen LogP contribution < -0.4 is 4.74 Å². The Morgan fingerprint density at radius 1 is 1.32 bits per heavy atom. The van der Waals surface area contributed by atoms with Crippen molar-refractivity contribution in [1.29, 1.82) is 0 Å². The summed E-state index contributed by atoms with van der Waals surface area (Å²) in [7, 11) is 3.26. The van der Waals surface area contributed by atoms with E-state index in [0.717, 1.165) is 16.9 Å². The highest BCUT2D eigenvalue weighted by molar-refractivity contribution is 5.45. The van der Waals surface area contributed by atoms with E-state index in [4.69, 9.17) is 19.3 Å². The zero-order valence-electron chi connectivity index (χ0n) is 11.6. The molecule has 0 aromatic heterocycles. The molecule has 0 saturated heterocycles. The van der Waals surface area contributed by atoms with E-state index >= 15 is 0 Å². The van der Waals surface area contributed by atoms with Crippen molar-refractivity contribution in [2.45, 2.75) is 19.6 Å². The molecular formula is C15H20O4. The number of hydrogen-bond acceptors (Lipinski definition) is 4. The molecule has 1 unspecified atom stereocenters. The van der Waals surface area contributed by atoms with Crippen molar-refractivity contribution in [3.63, 3.8) is 0 Å². The quantitative estimate of drug-likeness (QED) is 0.793. The van der Waals surface area contributed by atoms with Gasteiger partial charge < -0.3 is 19.3 Å². The van der Waals surface area contributed by atoms with E-state index in [9.17, 15) is 0 Å². The number of aliphatic hydroxyl groups excluding tert-OH is 1. The van der Waals surface area contributed by atoms with E-state index in [1.807, 2.05) is 25.1 Å². The van der Waals surface area contributed by atoms with E-state index in [1.165, 1.54) is 0 Å². The highest BCUT2D eigenvalue weighted by Gasteiger charge is 2.06. The molecule has 0 aliphatic heterocycles. The van der Waals surface area contributed by atoms with Gasteiger partial charge in [0.25, 0.3) is 0 Å². The fraction of sp³-hybridized carbons (Fsp3) is 0.467. The molecule has 19 heavy (non-hydrogen) atoms. The lowest BCUT2D eigenvalue weighted by Gasteiger charge is -2.13. The van der Waals surface area contributed by atoms with Gasteiger partial charge in [-0.1, -0.05) is 11.8 Å². The van der Waals surface area contributed by atoms with Gasteiger partial charge in [-0.25, -0.2) is 0 Å². The molecular weight excluding hydrogens is 244 g/mol. The first-order valence-corrected chi connectivity index (χ1v) is 6.08. The Morgan fingerprint density at radius 3 is 2.74 bits per heavy atom. The highest BCUT2D eigenvalue weighted by atomic mass is 16.5. The molecule has 0 radical (unpaired) electrons. The molecule has 104 valence electrons. The van der Waals surface area contributed by atoms with Crippen LogP contribution in [0, 0.1) is 11.8 Å². The third-order valence-electron chi connectivity index (χ3n) is 2.54. The summed E-state index contributed by atoms with van der Waals surface area (Å²) in [5.74, 6) is 6.30. The number of hydrogen-bond donors (Lipinski definition) is 1. The van der Waals surface area contributed by atoms with E-state index in [1.54, 1.807) is 14.2 Å². The SMILES string of the molecule is COCC(C)OCc1cc(OC)ccc1C#CCO. The topological polar surface area (TPSA) is 47.9 Å². The maximum absolute atomic E-state index is 8.76. The molecule has 0 aliphatic rings. The Balaban J connectivity index is 2.82. The second-order valence-corrected chi connectivity index (χ2v) is 4.06. The minimum absolute atomic E-state index is 0.00912. The lowest BCUT2D eigenvalue weighted by atomic mass is 10.1. The molecule has 1 aromatic rings. The molecule has 0 amide bonds. The van der Waals surface area contributed by atoms with Crippen molar-refractivity contribution in [2.24, 2.45) is 0 Å². The van der Waals surface area contributed by atoms with Crippen LogP contribution in [0.4, 0.5) is 0 Å². The van der Waals surface area contributed by atoms with Gasteiger partial charge in [-0.3, -0.25) is 0 Å². The first kappa shape index (κ1) is 15.5. The summed E-state index contributed by atoms with van der Waals surface area (Å²) in [4.78, 5) is 0. The van der Waals surface area contributed by atoms with Crippen molar-refractivity contribution < 1.29 is 19.3 Å². The largest absolute Gasteiger partial charge is 0.497 e. The van der Waals surface area contributed by atoms with Crippen LogP contribution in [-0.2, 0) is 16.1 Å². The summed E-state index contributed by atoms with van der Waals surface area (Å²) in [5, 5.41) is 8.76. The monoisotopic (exact) mass is 264 g/mol. The van der Waals surface area contributed by atoms with E-state index < -0.39 is 0 Å². The molecule has 0 heterocycles. The number of rotatable bonds is 6. The maximum Gasteiger partial charge on any atom is 0.119 e. The van der Waals surface area contributed by atoms with Crippen LogP contribution in [-0.4, -0.2) is 38.6 Å². The van der Waals surface area contributed by atoms with Gasteiger partial charge in [0.2, 0.25) is 0 Å². The van der Waals surface area contributed by atoms with Crippen molar-refractivity contribution >= 4 is 0 Å². The molecule has 1 rings (SSSR count). The Morgan fingerprint density at radius 2 is 2.11 bits per heavy atom. The number of benzene rings is 1. The molecule has 0 saturated carbocycles. The van der Waals surface area contributed by atoms with Gasteiger partial charge in [0.05, 0.1) is 26.4 Å². The molecule has 1 atom stereocenters. The number of aliphatic hydroxyl groups is 1. The molecule has 1 N–H and O–H groups in total. The van der Waals surface area contributed by atoms with Gasteiger partial charge in [0.15, 0.2) is 0 Å². The second kappa shape index (κ2) is 8.54. The minimum atomic E-state index is -0.160. The summed E-state index contributed by atoms with van der Waals surface area (Å²) in [6, 6.07) is 5.59. The minimum Gasteiger partial charge on any atom is -0.497 e. The molecule has 0 bridgehead atoms. The van der Waals surface area contributed by atoms with Gasteiger partial charge >= 0.3 is 0 Å². The average molecular weight is 264 g/mol. The van der Waals surface area contributed by atoms with Crippen LogP contribution in [0.25, 0.3) is 0 Å². The summed E-state index contributed by atoms with van der Waals surface area (Å²) in [6.45, 7) is 2.76. The van der Waals surface area contributed by atoms with E-state index in [0.29, 0.717) is 13.2 Å². The van der Waals surface area contributed by atoms with Gasteiger partial charge in [0, 0.05) is 12.7 Å². The summed E-state index contributed by atoms with van der Waals surface area (Å²) >= 11 is 0. The van der Waals surface area contributed by atoms with Crippen LogP contribution in [0.2, 0.25) is 0 Å². The van der Waals surface area contributed by atoms with Crippen LogP contribution in [0.15, 0.2) is 18.2 Å². The standard InChI is InChI=1S/C15H20O4/c1-12(10-17-2)19-11-14-9-15(18-3)7-6-13(14)5-4-8-16/h6-7,9,12,16H,8,10-11H2,1-3H3. The summed E-state index contributed by atoms with van der Waals surface area (Å²) in [6.07, 6.45) is 0.00912. The third-order valence-corrected chi connectivity index (χ3v) is 2.54. The Kier molecular flexibility index (Phi) is 6.98. The molecule has 0 aliphatic carbocycles. The Hall–Kier alpha value is -1.54. The van der Waals surface area contributed by atoms with E-state index in [-0.39, 0.29) is 12.7 Å². The Bertz CT molecular complexity index is 445. The van der Waals surface area contributed by atoms with Crippen molar-refractivity contribution in [1.82, 2.24) is 0 Å². The van der Waals surface area contributed by atoms with Gasteiger partial charge in [-0.2, -0.15) is 0 Å². The molecule has 1 aromatic carbocycles. The van der Waals surface area contributed by atoms with Crippen LogP contribution in [0.3, 0.4) is 0 Å². The third kappa shape index (κ3) is 5.31. The second-order valence-electron chi connectivity index (χ2n) is 4.06. The lowest BCUT2D eigenvalue weighted by Crippen LogP contribution is -2.14. The molecule has 0 fully saturated rings. The molecule has 4 heteroatoms. The lowest BCUT2D eigenvalue weighted by molar-refractivity contribution is -0.000243. The maximum atomic E-state index is 8.76. The predicted octanol–water partition coefficient (Wildman–Crippen LogP) is 1.59. The predicted molar refractivity (Wildman–Crippen MR) is 73.1 cm³/mol. The molecule has 4 nitrogen and oxygen atoms in total. The van der Waals surface area contributed by atoms with Crippen LogP contribution >= 0.6 is 0 Å². The fourth-order valence-electron chi connectivity index (χ4n) is 1.59. The smallest absolute Gasteiger partial charge is 0.119 e. The number of ether oxygens (including phenoxy) is 3. The normalized spacial score (nSPS) is 11.6. The Labute approximate surface area is 114 Å². The van der Waals surface area contributed by atoms with Crippen LogP contribution in [0.1, 0.15) is 18.1 Å². The average Bonchev–Trinajstić information content (AvgIpc) is 2.43. The fourth-order valence-corrected chi connectivity index (χ4v) is 1.59. The van der Waals surface area contributed by atoms with E-state index in [2.05, 4.69) is 11.8 Å². The highest BCUT2D eigenvalue weighted by Crippen LogP contribution is 2.18.